The number of aromatic nitrogens is 14. The van der Waals surface area contributed by atoms with Gasteiger partial charge >= 0.3 is 0 Å². The van der Waals surface area contributed by atoms with Crippen LogP contribution in [-0.2, 0) is 0 Å². The molecule has 0 saturated carbocycles. The van der Waals surface area contributed by atoms with Crippen LogP contribution in [0.15, 0.2) is 313 Å². The minimum absolute atomic E-state index is 0.426. The molecule has 0 saturated heterocycles. The van der Waals surface area contributed by atoms with Crippen molar-refractivity contribution < 1.29 is 8.83 Å². The highest BCUT2D eigenvalue weighted by Crippen LogP contribution is 2.43. The topological polar surface area (TPSA) is 191 Å². The first-order valence-electron chi connectivity index (χ1n) is 32.6. The summed E-state index contributed by atoms with van der Waals surface area (Å²) < 4.78 is 17.3. The molecule has 0 aliphatic heterocycles. The smallest absolute Gasteiger partial charge is 0.235 e. The first kappa shape index (κ1) is 57.3. The Hall–Kier alpha value is -14.1. The van der Waals surface area contributed by atoms with E-state index in [0.29, 0.717) is 58.1 Å². The standard InChI is InChI=1S/C43H26N6O.C41H24N8O/c1-3-11-27(12-4-1)41-46-42(28-13-5-2-6-14-28)48-43(47-41)30-22-23-44-33(25-30)29-21-24-45-38(26-29)49-34-17-9-16-32-31-15-7-8-19-36(31)50-37-20-10-18-35(49)40(37)39(32)34;1-3-11-25(12-4-1)37-46-38(26-13-5-2-6-14-26)48-40(47-37)30-21-23-42-39(44-30)29-22-24-43-41(45-29)49-31-17-9-16-28-27-15-7-8-19-33(27)50-34-20-10-18-32(49)36(34)35(28)31/h1-26H;1-24H. The number of hydrogen-bond donors (Lipinski definition) is 0. The second kappa shape index (κ2) is 24.0. The molecule has 100 heavy (non-hydrogen) atoms. The summed E-state index contributed by atoms with van der Waals surface area (Å²) in [6.45, 7) is 0. The Kier molecular flexibility index (Phi) is 13.7. The monoisotopic (exact) mass is 1290 g/mol. The molecule has 0 fully saturated rings. The quantitative estimate of drug-likeness (QED) is 0.126. The molecule has 20 aromatic rings. The molecule has 16 heteroatoms. The van der Waals surface area contributed by atoms with Crippen molar-refractivity contribution in [3.8, 4) is 103 Å². The van der Waals surface area contributed by atoms with Crippen LogP contribution < -0.4 is 0 Å². The van der Waals surface area contributed by atoms with Crippen molar-refractivity contribution in [3.63, 3.8) is 0 Å². The average Bonchev–Trinajstić information content (AvgIpc) is 1.57. The van der Waals surface area contributed by atoms with Crippen LogP contribution in [0.4, 0.5) is 0 Å². The molecule has 0 N–H and O–H groups in total. The lowest BCUT2D eigenvalue weighted by Crippen LogP contribution is -2.04. The van der Waals surface area contributed by atoms with E-state index in [1.165, 1.54) is 0 Å². The Morgan fingerprint density at radius 1 is 0.220 bits per heavy atom. The second-order valence-corrected chi connectivity index (χ2v) is 24.0. The predicted molar refractivity (Wildman–Crippen MR) is 393 cm³/mol. The minimum Gasteiger partial charge on any atom is -0.456 e. The molecule has 0 amide bonds. The lowest BCUT2D eigenvalue weighted by molar-refractivity contribution is 0.663. The fraction of sp³-hybridized carbons (Fsp3) is 0. The normalized spacial score (nSPS) is 11.6. The number of nitrogens with zero attached hydrogens (tertiary/aromatic N) is 14. The van der Waals surface area contributed by atoms with Crippen LogP contribution in [0.1, 0.15) is 0 Å². The molecule has 0 bridgehead atoms. The van der Waals surface area contributed by atoms with Crippen molar-refractivity contribution in [1.82, 2.24) is 68.9 Å². The second-order valence-electron chi connectivity index (χ2n) is 24.0. The zero-order chi connectivity index (χ0) is 66.0. The van der Waals surface area contributed by atoms with Gasteiger partial charge in [0.2, 0.25) is 5.95 Å². The SMILES string of the molecule is c1ccc(-c2nc(-c3ccccc3)nc(-c3ccnc(-c4ccnc(-n5c6cccc7oc8ccccc8c8cccc5c8c76)c4)c3)n2)cc1.c1ccc(-c2nc(-c3ccccc3)nc(-c3ccnc(-c4ccnc(-n5c6cccc7oc8ccccc8c8cccc5c8c76)n4)n3)n2)cc1. The van der Waals surface area contributed by atoms with Gasteiger partial charge in [0.05, 0.1) is 38.5 Å². The van der Waals surface area contributed by atoms with Crippen LogP contribution >= 0.6 is 0 Å². The fourth-order valence-electron chi connectivity index (χ4n) is 13.5. The van der Waals surface area contributed by atoms with Gasteiger partial charge in [-0.1, -0.05) is 194 Å². The molecule has 0 aliphatic rings. The summed E-state index contributed by atoms with van der Waals surface area (Å²) in [5, 5.41) is 8.67. The van der Waals surface area contributed by atoms with E-state index < -0.39 is 0 Å². The van der Waals surface area contributed by atoms with Crippen LogP contribution in [0.5, 0.6) is 0 Å². The molecule has 16 nitrogen and oxygen atoms in total. The Labute approximate surface area is 569 Å². The van der Waals surface area contributed by atoms with Gasteiger partial charge in [0.25, 0.3) is 0 Å². The van der Waals surface area contributed by atoms with Crippen LogP contribution in [-0.4, -0.2) is 68.9 Å². The highest BCUT2D eigenvalue weighted by atomic mass is 16.3. The zero-order valence-corrected chi connectivity index (χ0v) is 52.9. The van der Waals surface area contributed by atoms with Crippen molar-refractivity contribution in [1.29, 1.82) is 0 Å². The van der Waals surface area contributed by atoms with E-state index in [1.807, 2.05) is 206 Å². The third kappa shape index (κ3) is 10.0. The molecule has 10 aromatic carbocycles. The summed E-state index contributed by atoms with van der Waals surface area (Å²) in [6, 6.07) is 92.7. The zero-order valence-electron chi connectivity index (χ0n) is 52.9. The van der Waals surface area contributed by atoms with Gasteiger partial charge in [-0.15, -0.1) is 0 Å². The van der Waals surface area contributed by atoms with Gasteiger partial charge in [0.15, 0.2) is 40.8 Å². The average molecular weight is 1290 g/mol. The van der Waals surface area contributed by atoms with Crippen molar-refractivity contribution in [3.05, 3.63) is 304 Å². The van der Waals surface area contributed by atoms with E-state index in [0.717, 1.165) is 132 Å². The summed E-state index contributed by atoms with van der Waals surface area (Å²) in [5.41, 5.74) is 14.6. The van der Waals surface area contributed by atoms with Gasteiger partial charge in [0, 0.05) is 79.7 Å². The highest BCUT2D eigenvalue weighted by molar-refractivity contribution is 6.28. The first-order chi connectivity index (χ1) is 49.6. The molecule has 0 atom stereocenters. The van der Waals surface area contributed by atoms with Crippen molar-refractivity contribution in [2.24, 2.45) is 0 Å². The van der Waals surface area contributed by atoms with E-state index in [1.54, 1.807) is 24.7 Å². The Morgan fingerprint density at radius 3 is 1.15 bits per heavy atom. The largest absolute Gasteiger partial charge is 0.456 e. The van der Waals surface area contributed by atoms with E-state index >= 15 is 0 Å². The van der Waals surface area contributed by atoms with E-state index in [4.69, 9.17) is 63.7 Å². The molecular weight excluding hydrogens is 1240 g/mol. The molecule has 0 aliphatic carbocycles. The summed E-state index contributed by atoms with van der Waals surface area (Å²) in [7, 11) is 0. The van der Waals surface area contributed by atoms with Gasteiger partial charge in [-0.3, -0.25) is 14.1 Å². The molecule has 0 spiro atoms. The molecule has 0 unspecified atom stereocenters. The number of benzene rings is 10. The number of pyridine rings is 2. The minimum atomic E-state index is 0.426. The molecule has 468 valence electrons. The third-order valence-corrected chi connectivity index (χ3v) is 18.0. The van der Waals surface area contributed by atoms with Gasteiger partial charge in [-0.25, -0.2) is 54.8 Å². The van der Waals surface area contributed by atoms with Gasteiger partial charge in [-0.05, 0) is 95.7 Å². The van der Waals surface area contributed by atoms with Crippen LogP contribution in [0.25, 0.3) is 190 Å². The van der Waals surface area contributed by atoms with E-state index in [2.05, 4.69) is 86.9 Å². The maximum Gasteiger partial charge on any atom is 0.235 e. The van der Waals surface area contributed by atoms with E-state index in [-0.39, 0.29) is 0 Å². The molecule has 20 rings (SSSR count). The van der Waals surface area contributed by atoms with Crippen LogP contribution in [0.2, 0.25) is 0 Å². The first-order valence-corrected chi connectivity index (χ1v) is 32.6. The molecule has 0 radical (unpaired) electrons. The maximum atomic E-state index is 6.53. The van der Waals surface area contributed by atoms with Crippen molar-refractivity contribution >= 4 is 87.5 Å². The molecule has 10 aromatic heterocycles. The lowest BCUT2D eigenvalue weighted by Gasteiger charge is -2.11. The van der Waals surface area contributed by atoms with Gasteiger partial charge in [-0.2, -0.15) is 0 Å². The summed E-state index contributed by atoms with van der Waals surface area (Å²) >= 11 is 0. The van der Waals surface area contributed by atoms with Crippen LogP contribution in [0.3, 0.4) is 0 Å². The number of hydrogen-bond acceptors (Lipinski definition) is 14. The molecule has 10 heterocycles. The summed E-state index contributed by atoms with van der Waals surface area (Å²) in [6.07, 6.45) is 7.08. The van der Waals surface area contributed by atoms with Crippen molar-refractivity contribution in [2.75, 3.05) is 0 Å². The van der Waals surface area contributed by atoms with E-state index in [9.17, 15) is 0 Å². The van der Waals surface area contributed by atoms with Crippen molar-refractivity contribution in [2.45, 2.75) is 0 Å². The van der Waals surface area contributed by atoms with Crippen LogP contribution in [0, 0.1) is 0 Å². The summed E-state index contributed by atoms with van der Waals surface area (Å²) in [5.74, 6) is 5.07. The Morgan fingerprint density at radius 2 is 0.610 bits per heavy atom. The Balaban J connectivity index is 0.000000139. The highest BCUT2D eigenvalue weighted by Gasteiger charge is 2.24. The maximum absolute atomic E-state index is 6.53. The molecular formula is C84H50N14O2. The number of fused-ring (bicyclic) bond motifs is 4. The number of rotatable bonds is 10. The predicted octanol–water partition coefficient (Wildman–Crippen LogP) is 19.4. The van der Waals surface area contributed by atoms with Gasteiger partial charge in [0.1, 0.15) is 39.5 Å². The van der Waals surface area contributed by atoms with Gasteiger partial charge < -0.3 is 8.83 Å². The summed E-state index contributed by atoms with van der Waals surface area (Å²) in [4.78, 5) is 58.2. The third-order valence-electron chi connectivity index (χ3n) is 18.0. The lowest BCUT2D eigenvalue weighted by atomic mass is 10.1. The fourth-order valence-corrected chi connectivity index (χ4v) is 13.5. The Bertz CT molecular complexity index is 6040. The number of para-hydroxylation sites is 2.